The molecule has 2 fully saturated rings. The molecule has 0 bridgehead atoms. The highest BCUT2D eigenvalue weighted by Gasteiger charge is 2.46. The minimum absolute atomic E-state index is 0.119. The highest BCUT2D eigenvalue weighted by molar-refractivity contribution is 6.31. The molecular formula is C17H23ClFNO. The summed E-state index contributed by atoms with van der Waals surface area (Å²) in [5, 5.41) is 11.1. The van der Waals surface area contributed by atoms with E-state index in [1.807, 2.05) is 6.07 Å². The fraction of sp³-hybridized carbons (Fsp3) is 0.647. The molecule has 2 nitrogen and oxygen atoms in total. The summed E-state index contributed by atoms with van der Waals surface area (Å²) < 4.78 is 13.6. The maximum Gasteiger partial charge on any atom is 0.142 e. The summed E-state index contributed by atoms with van der Waals surface area (Å²) >= 11 is 6.05. The lowest BCUT2D eigenvalue weighted by molar-refractivity contribution is -0.0172. The lowest BCUT2D eigenvalue weighted by atomic mass is 9.85. The maximum atomic E-state index is 13.6. The molecule has 21 heavy (non-hydrogen) atoms. The van der Waals surface area contributed by atoms with Crippen molar-refractivity contribution in [1.82, 2.24) is 4.90 Å². The molecule has 1 saturated heterocycles. The van der Waals surface area contributed by atoms with Crippen molar-refractivity contribution in [3.05, 3.63) is 34.6 Å². The van der Waals surface area contributed by atoms with Crippen molar-refractivity contribution in [1.29, 1.82) is 0 Å². The molecule has 1 N–H and O–H groups in total. The van der Waals surface area contributed by atoms with Crippen molar-refractivity contribution in [3.63, 3.8) is 0 Å². The predicted molar refractivity (Wildman–Crippen MR) is 83.1 cm³/mol. The number of aliphatic hydroxyl groups excluding tert-OH is 1. The van der Waals surface area contributed by atoms with Crippen molar-refractivity contribution >= 4 is 11.6 Å². The zero-order valence-corrected chi connectivity index (χ0v) is 13.1. The minimum atomic E-state index is -0.475. The van der Waals surface area contributed by atoms with E-state index in [0.717, 1.165) is 31.5 Å². The van der Waals surface area contributed by atoms with E-state index in [-0.39, 0.29) is 10.6 Å². The van der Waals surface area contributed by atoms with Crippen LogP contribution < -0.4 is 0 Å². The molecule has 1 atom stereocenters. The molecule has 1 aromatic carbocycles. The van der Waals surface area contributed by atoms with E-state index in [1.54, 1.807) is 6.07 Å². The van der Waals surface area contributed by atoms with E-state index in [0.29, 0.717) is 6.42 Å². The van der Waals surface area contributed by atoms with Crippen LogP contribution in [0.5, 0.6) is 0 Å². The summed E-state index contributed by atoms with van der Waals surface area (Å²) in [6.07, 6.45) is 6.83. The molecule has 1 aliphatic carbocycles. The number of nitrogens with zero attached hydrogens (tertiary/aromatic N) is 1. The first-order valence-electron chi connectivity index (χ1n) is 7.99. The second kappa shape index (κ2) is 6.23. The van der Waals surface area contributed by atoms with Gasteiger partial charge in [-0.3, -0.25) is 4.90 Å². The minimum Gasteiger partial charge on any atom is -0.391 e. The Labute approximate surface area is 130 Å². The van der Waals surface area contributed by atoms with Gasteiger partial charge >= 0.3 is 0 Å². The van der Waals surface area contributed by atoms with Crippen LogP contribution >= 0.6 is 11.6 Å². The van der Waals surface area contributed by atoms with Crippen molar-refractivity contribution in [2.24, 2.45) is 0 Å². The van der Waals surface area contributed by atoms with E-state index < -0.39 is 11.9 Å². The monoisotopic (exact) mass is 311 g/mol. The van der Waals surface area contributed by atoms with Gasteiger partial charge in [-0.25, -0.2) is 4.39 Å². The Morgan fingerprint density at radius 1 is 1.19 bits per heavy atom. The lowest BCUT2D eigenvalue weighted by Crippen LogP contribution is -2.54. The third kappa shape index (κ3) is 2.84. The predicted octanol–water partition coefficient (Wildman–Crippen LogP) is 3.79. The highest BCUT2D eigenvalue weighted by atomic mass is 35.5. The Kier molecular flexibility index (Phi) is 4.53. The van der Waals surface area contributed by atoms with Gasteiger partial charge in [0, 0.05) is 12.0 Å². The van der Waals surface area contributed by atoms with Crippen molar-refractivity contribution in [3.8, 4) is 0 Å². The maximum absolute atomic E-state index is 13.6. The molecule has 1 unspecified atom stereocenters. The second-order valence-corrected chi connectivity index (χ2v) is 6.82. The van der Waals surface area contributed by atoms with Crippen molar-refractivity contribution < 1.29 is 9.50 Å². The van der Waals surface area contributed by atoms with Gasteiger partial charge in [0.05, 0.1) is 11.1 Å². The molecule has 116 valence electrons. The molecule has 1 saturated carbocycles. The van der Waals surface area contributed by atoms with Crippen LogP contribution in [0.4, 0.5) is 4.39 Å². The van der Waals surface area contributed by atoms with Gasteiger partial charge in [-0.1, -0.05) is 36.6 Å². The number of benzene rings is 1. The SMILES string of the molecule is OC(Cc1cccc(F)c1Cl)C1(N2CCCC2)CCCC1. The van der Waals surface area contributed by atoms with Crippen LogP contribution in [-0.2, 0) is 6.42 Å². The average Bonchev–Trinajstić information content (AvgIpc) is 3.14. The van der Waals surface area contributed by atoms with Gasteiger partial charge in [0.2, 0.25) is 0 Å². The first kappa shape index (κ1) is 15.3. The first-order chi connectivity index (χ1) is 10.1. The van der Waals surface area contributed by atoms with Crippen LogP contribution in [0.2, 0.25) is 5.02 Å². The average molecular weight is 312 g/mol. The Hall–Kier alpha value is -0.640. The Morgan fingerprint density at radius 3 is 2.52 bits per heavy atom. The zero-order chi connectivity index (χ0) is 14.9. The Morgan fingerprint density at radius 2 is 1.86 bits per heavy atom. The molecule has 0 aromatic heterocycles. The second-order valence-electron chi connectivity index (χ2n) is 6.44. The van der Waals surface area contributed by atoms with E-state index in [4.69, 9.17) is 11.6 Å². The van der Waals surface area contributed by atoms with E-state index in [2.05, 4.69) is 4.90 Å². The van der Waals surface area contributed by atoms with Gasteiger partial charge < -0.3 is 5.11 Å². The standard InChI is InChI=1S/C17H23ClFNO/c18-16-13(6-5-7-14(16)19)12-15(21)17(8-1-2-9-17)20-10-3-4-11-20/h5-7,15,21H,1-4,8-12H2. The third-order valence-corrected chi connectivity index (χ3v) is 5.69. The van der Waals surface area contributed by atoms with E-state index in [9.17, 15) is 9.50 Å². The number of hydrogen-bond donors (Lipinski definition) is 1. The fourth-order valence-corrected chi connectivity index (χ4v) is 4.32. The van der Waals surface area contributed by atoms with Crippen LogP contribution in [0.3, 0.4) is 0 Å². The number of halogens is 2. The molecule has 0 amide bonds. The molecule has 0 spiro atoms. The number of hydrogen-bond acceptors (Lipinski definition) is 2. The van der Waals surface area contributed by atoms with Gasteiger partial charge in [-0.15, -0.1) is 0 Å². The molecular weight excluding hydrogens is 289 g/mol. The van der Waals surface area contributed by atoms with Crippen LogP contribution in [0.15, 0.2) is 18.2 Å². The lowest BCUT2D eigenvalue weighted by Gasteiger charge is -2.43. The number of aliphatic hydroxyl groups is 1. The van der Waals surface area contributed by atoms with Crippen LogP contribution in [0, 0.1) is 5.82 Å². The summed E-state index contributed by atoms with van der Waals surface area (Å²) in [5.74, 6) is -0.400. The molecule has 1 aromatic rings. The van der Waals surface area contributed by atoms with E-state index in [1.165, 1.54) is 31.7 Å². The molecule has 1 aliphatic heterocycles. The molecule has 0 radical (unpaired) electrons. The topological polar surface area (TPSA) is 23.5 Å². The Bertz CT molecular complexity index is 496. The van der Waals surface area contributed by atoms with Gasteiger partial charge in [-0.2, -0.15) is 0 Å². The number of rotatable bonds is 4. The summed E-state index contributed by atoms with van der Waals surface area (Å²) in [5.41, 5.74) is 0.598. The fourth-order valence-electron chi connectivity index (χ4n) is 4.11. The summed E-state index contributed by atoms with van der Waals surface area (Å²) in [6.45, 7) is 2.15. The normalized spacial score (nSPS) is 23.6. The van der Waals surface area contributed by atoms with Crippen molar-refractivity contribution in [2.75, 3.05) is 13.1 Å². The van der Waals surface area contributed by atoms with Crippen LogP contribution in [-0.4, -0.2) is 34.7 Å². The largest absolute Gasteiger partial charge is 0.391 e. The van der Waals surface area contributed by atoms with Crippen LogP contribution in [0.25, 0.3) is 0 Å². The van der Waals surface area contributed by atoms with Gasteiger partial charge in [0.1, 0.15) is 5.82 Å². The van der Waals surface area contributed by atoms with E-state index >= 15 is 0 Å². The Balaban J connectivity index is 1.81. The van der Waals surface area contributed by atoms with Gasteiger partial charge in [0.25, 0.3) is 0 Å². The molecule has 4 heteroatoms. The highest BCUT2D eigenvalue weighted by Crippen LogP contribution is 2.41. The zero-order valence-electron chi connectivity index (χ0n) is 12.3. The van der Waals surface area contributed by atoms with Gasteiger partial charge in [-0.05, 0) is 50.4 Å². The first-order valence-corrected chi connectivity index (χ1v) is 8.37. The summed E-state index contributed by atoms with van der Waals surface area (Å²) in [7, 11) is 0. The smallest absolute Gasteiger partial charge is 0.142 e. The quantitative estimate of drug-likeness (QED) is 0.914. The van der Waals surface area contributed by atoms with Crippen molar-refractivity contribution in [2.45, 2.75) is 56.6 Å². The molecule has 3 rings (SSSR count). The van der Waals surface area contributed by atoms with Crippen LogP contribution in [0.1, 0.15) is 44.1 Å². The number of likely N-dealkylation sites (tertiary alicyclic amines) is 1. The molecule has 1 heterocycles. The molecule has 2 aliphatic rings. The summed E-state index contributed by atoms with van der Waals surface area (Å²) in [4.78, 5) is 2.47. The van der Waals surface area contributed by atoms with Gasteiger partial charge in [0.15, 0.2) is 0 Å². The third-order valence-electron chi connectivity index (χ3n) is 5.27. The summed E-state index contributed by atoms with van der Waals surface area (Å²) in [6, 6.07) is 4.85.